The summed E-state index contributed by atoms with van der Waals surface area (Å²) < 4.78 is 27.5. The summed E-state index contributed by atoms with van der Waals surface area (Å²) in [5, 5.41) is 0. The predicted molar refractivity (Wildman–Crippen MR) is 106 cm³/mol. The molecule has 1 amide bonds. The quantitative estimate of drug-likeness (QED) is 0.807. The zero-order valence-corrected chi connectivity index (χ0v) is 16.6. The number of hydrogen-bond donors (Lipinski definition) is 2. The lowest BCUT2D eigenvalue weighted by Crippen LogP contribution is -3.14. The van der Waals surface area contributed by atoms with Crippen LogP contribution >= 0.6 is 0 Å². The summed E-state index contributed by atoms with van der Waals surface area (Å²) in [5.41, 5.74) is 2.01. The Hall–Kier alpha value is -2.38. The molecule has 7 heteroatoms. The summed E-state index contributed by atoms with van der Waals surface area (Å²) in [5.74, 6) is -0.00176. The molecule has 0 aromatic heterocycles. The van der Waals surface area contributed by atoms with E-state index in [1.165, 1.54) is 4.90 Å². The van der Waals surface area contributed by atoms with Gasteiger partial charge in [-0.3, -0.25) is 9.52 Å². The highest BCUT2D eigenvalue weighted by molar-refractivity contribution is 7.92. The molecule has 144 valence electrons. The number of benzene rings is 2. The normalized spacial score (nSPS) is 15.6. The lowest BCUT2D eigenvalue weighted by Gasteiger charge is -2.31. The van der Waals surface area contributed by atoms with Crippen molar-refractivity contribution in [1.82, 2.24) is 4.90 Å². The van der Waals surface area contributed by atoms with Crippen LogP contribution in [0.15, 0.2) is 53.4 Å². The Morgan fingerprint density at radius 3 is 2.19 bits per heavy atom. The zero-order chi connectivity index (χ0) is 19.4. The fraction of sp³-hybridized carbons (Fsp3) is 0.350. The van der Waals surface area contributed by atoms with Gasteiger partial charge < -0.3 is 9.80 Å². The number of carbonyl (C=O) groups excluding carboxylic acids is 1. The fourth-order valence-electron chi connectivity index (χ4n) is 3.17. The maximum absolute atomic E-state index is 12.6. The van der Waals surface area contributed by atoms with Gasteiger partial charge in [-0.25, -0.2) is 8.42 Å². The Bertz CT molecular complexity index is 885. The second-order valence-electron chi connectivity index (χ2n) is 6.89. The number of carbonyl (C=O) groups is 1. The number of hydrogen-bond acceptors (Lipinski definition) is 3. The van der Waals surface area contributed by atoms with Crippen molar-refractivity contribution in [2.75, 3.05) is 37.4 Å². The smallest absolute Gasteiger partial charge is 0.261 e. The van der Waals surface area contributed by atoms with E-state index in [9.17, 15) is 13.2 Å². The second-order valence-corrected chi connectivity index (χ2v) is 8.57. The Kier molecular flexibility index (Phi) is 5.82. The molecule has 2 aromatic carbocycles. The van der Waals surface area contributed by atoms with Crippen molar-refractivity contribution in [3.8, 4) is 0 Å². The molecule has 0 spiro atoms. The largest absolute Gasteiger partial charge is 0.332 e. The molecular weight excluding hydrogens is 362 g/mol. The first-order valence-corrected chi connectivity index (χ1v) is 10.7. The van der Waals surface area contributed by atoms with Crippen molar-refractivity contribution < 1.29 is 18.1 Å². The highest BCUT2D eigenvalue weighted by atomic mass is 32.2. The number of rotatable bonds is 5. The van der Waals surface area contributed by atoms with Gasteiger partial charge in [-0.1, -0.05) is 17.7 Å². The van der Waals surface area contributed by atoms with E-state index in [4.69, 9.17) is 0 Å². The predicted octanol–water partition coefficient (Wildman–Crippen LogP) is 1.16. The molecule has 0 saturated carbocycles. The molecule has 0 atom stereocenters. The van der Waals surface area contributed by atoms with Crippen LogP contribution in [0.3, 0.4) is 0 Å². The molecule has 1 aliphatic heterocycles. The van der Waals surface area contributed by atoms with Crippen LogP contribution in [0.1, 0.15) is 22.8 Å². The number of piperazine rings is 1. The monoisotopic (exact) mass is 388 g/mol. The summed E-state index contributed by atoms with van der Waals surface area (Å²) in [4.78, 5) is 16.2. The van der Waals surface area contributed by atoms with Gasteiger partial charge in [-0.2, -0.15) is 0 Å². The molecule has 0 aliphatic carbocycles. The molecule has 2 aromatic rings. The molecular formula is C20H26N3O3S+. The van der Waals surface area contributed by atoms with Gasteiger partial charge in [0.15, 0.2) is 0 Å². The van der Waals surface area contributed by atoms with Gasteiger partial charge in [0, 0.05) is 11.3 Å². The van der Waals surface area contributed by atoms with Crippen LogP contribution < -0.4 is 9.62 Å². The summed E-state index contributed by atoms with van der Waals surface area (Å²) in [6.07, 6.45) is 0. The van der Waals surface area contributed by atoms with Crippen molar-refractivity contribution in [3.05, 3.63) is 59.7 Å². The molecule has 27 heavy (non-hydrogen) atoms. The minimum absolute atomic E-state index is 0.00176. The van der Waals surface area contributed by atoms with E-state index in [-0.39, 0.29) is 10.8 Å². The minimum atomic E-state index is -3.64. The van der Waals surface area contributed by atoms with Crippen LogP contribution in [0.4, 0.5) is 5.69 Å². The van der Waals surface area contributed by atoms with Crippen molar-refractivity contribution in [3.63, 3.8) is 0 Å². The van der Waals surface area contributed by atoms with Gasteiger partial charge in [0.25, 0.3) is 15.9 Å². The molecule has 1 heterocycles. The van der Waals surface area contributed by atoms with Crippen LogP contribution in [0.2, 0.25) is 0 Å². The number of nitrogens with zero attached hydrogens (tertiary/aromatic N) is 1. The molecule has 3 rings (SSSR count). The summed E-state index contributed by atoms with van der Waals surface area (Å²) in [6.45, 7) is 8.59. The molecule has 0 bridgehead atoms. The number of sulfonamides is 1. The number of likely N-dealkylation sites (N-methyl/N-ethyl adjacent to an activating group) is 1. The number of aryl methyl sites for hydroxylation is 1. The third-order valence-electron chi connectivity index (χ3n) is 4.97. The van der Waals surface area contributed by atoms with Crippen molar-refractivity contribution in [1.29, 1.82) is 0 Å². The lowest BCUT2D eigenvalue weighted by molar-refractivity contribution is -0.902. The highest BCUT2D eigenvalue weighted by Gasteiger charge is 2.23. The van der Waals surface area contributed by atoms with Gasteiger partial charge in [-0.05, 0) is 50.2 Å². The number of amides is 1. The SMILES string of the molecule is CC[NH+]1CCN(C(=O)c2ccc(NS(=O)(=O)c3ccc(C)cc3)cc2)CC1. The summed E-state index contributed by atoms with van der Waals surface area (Å²) in [6, 6.07) is 13.3. The van der Waals surface area contributed by atoms with Gasteiger partial charge in [0.1, 0.15) is 0 Å². The number of anilines is 1. The van der Waals surface area contributed by atoms with Crippen molar-refractivity contribution >= 4 is 21.6 Å². The Labute approximate surface area is 160 Å². The van der Waals surface area contributed by atoms with Crippen molar-refractivity contribution in [2.45, 2.75) is 18.7 Å². The fourth-order valence-corrected chi connectivity index (χ4v) is 4.23. The molecule has 0 unspecified atom stereocenters. The third-order valence-corrected chi connectivity index (χ3v) is 6.37. The van der Waals surface area contributed by atoms with Crippen LogP contribution in [0.25, 0.3) is 0 Å². The van der Waals surface area contributed by atoms with Crippen LogP contribution in [-0.2, 0) is 10.0 Å². The first-order valence-electron chi connectivity index (χ1n) is 9.21. The van der Waals surface area contributed by atoms with Gasteiger partial charge >= 0.3 is 0 Å². The van der Waals surface area contributed by atoms with E-state index < -0.39 is 10.0 Å². The van der Waals surface area contributed by atoms with Crippen LogP contribution in [0.5, 0.6) is 0 Å². The topological polar surface area (TPSA) is 70.9 Å². The van der Waals surface area contributed by atoms with E-state index >= 15 is 0 Å². The summed E-state index contributed by atoms with van der Waals surface area (Å²) in [7, 11) is -3.64. The molecule has 2 N–H and O–H groups in total. The first-order chi connectivity index (χ1) is 12.9. The van der Waals surface area contributed by atoms with Crippen molar-refractivity contribution in [2.24, 2.45) is 0 Å². The van der Waals surface area contributed by atoms with E-state index in [0.717, 1.165) is 38.3 Å². The molecule has 1 fully saturated rings. The van der Waals surface area contributed by atoms with E-state index in [2.05, 4.69) is 11.6 Å². The molecule has 1 aliphatic rings. The van der Waals surface area contributed by atoms with Gasteiger partial charge in [0.2, 0.25) is 0 Å². The van der Waals surface area contributed by atoms with E-state index in [1.54, 1.807) is 48.5 Å². The highest BCUT2D eigenvalue weighted by Crippen LogP contribution is 2.18. The molecule has 6 nitrogen and oxygen atoms in total. The molecule has 0 radical (unpaired) electrons. The Morgan fingerprint density at radius 1 is 1.04 bits per heavy atom. The lowest BCUT2D eigenvalue weighted by atomic mass is 10.1. The standard InChI is InChI=1S/C20H25N3O3S/c1-3-22-12-14-23(15-13-22)20(24)17-6-8-18(9-7-17)21-27(25,26)19-10-4-16(2)5-11-19/h4-11,21H,3,12-15H2,1-2H3/p+1. The average molecular weight is 389 g/mol. The first kappa shape index (κ1) is 19.4. The Morgan fingerprint density at radius 2 is 1.63 bits per heavy atom. The minimum Gasteiger partial charge on any atom is -0.332 e. The van der Waals surface area contributed by atoms with Gasteiger partial charge in [0.05, 0.1) is 37.6 Å². The third kappa shape index (κ3) is 4.67. The zero-order valence-electron chi connectivity index (χ0n) is 15.7. The van der Waals surface area contributed by atoms with E-state index in [0.29, 0.717) is 11.3 Å². The average Bonchev–Trinajstić information content (AvgIpc) is 2.68. The number of nitrogens with one attached hydrogen (secondary N) is 2. The maximum Gasteiger partial charge on any atom is 0.261 e. The number of quaternary nitrogens is 1. The van der Waals surface area contributed by atoms with E-state index in [1.807, 2.05) is 11.8 Å². The van der Waals surface area contributed by atoms with Gasteiger partial charge in [-0.15, -0.1) is 0 Å². The van der Waals surface area contributed by atoms with Crippen LogP contribution in [0, 0.1) is 6.92 Å². The molecule has 1 saturated heterocycles. The van der Waals surface area contributed by atoms with Crippen LogP contribution in [-0.4, -0.2) is 51.9 Å². The second kappa shape index (κ2) is 8.10. The maximum atomic E-state index is 12.6. The Balaban J connectivity index is 1.66. The summed E-state index contributed by atoms with van der Waals surface area (Å²) >= 11 is 0.